The zero-order chi connectivity index (χ0) is 20.5. The van der Waals surface area contributed by atoms with Gasteiger partial charge in [0.25, 0.3) is 0 Å². The first-order chi connectivity index (χ1) is 12.1. The fourth-order valence-electron chi connectivity index (χ4n) is 2.15. The Kier molecular flexibility index (Phi) is 17.9. The van der Waals surface area contributed by atoms with Crippen molar-refractivity contribution < 1.29 is 28.4 Å². The highest BCUT2D eigenvalue weighted by Gasteiger charge is 2.20. The average molecular weight is 397 g/mol. The molecule has 0 spiro atoms. The van der Waals surface area contributed by atoms with E-state index in [4.69, 9.17) is 10.00 Å². The lowest BCUT2D eigenvalue weighted by molar-refractivity contribution is -0.870. The maximum absolute atomic E-state index is 11.3. The molecule has 0 saturated carbocycles. The van der Waals surface area contributed by atoms with Crippen LogP contribution < -0.4 is 0 Å². The predicted octanol–water partition coefficient (Wildman–Crippen LogP) is 4.34. The summed E-state index contributed by atoms with van der Waals surface area (Å²) in [6, 6.07) is 0. The lowest BCUT2D eigenvalue weighted by Gasteiger charge is -2.21. The van der Waals surface area contributed by atoms with Gasteiger partial charge in [0.05, 0.1) is 33.9 Å². The van der Waals surface area contributed by atoms with Crippen LogP contribution in [-0.2, 0) is 13.9 Å². The second kappa shape index (κ2) is 16.7. The molecule has 0 aliphatic carbocycles. The molecule has 0 aliphatic rings. The van der Waals surface area contributed by atoms with Crippen LogP contribution in [-0.4, -0.2) is 60.9 Å². The van der Waals surface area contributed by atoms with E-state index in [0.29, 0.717) is 0 Å². The van der Waals surface area contributed by atoms with Crippen LogP contribution in [0.2, 0.25) is 0 Å². The lowest BCUT2D eigenvalue weighted by atomic mass is 10.1. The summed E-state index contributed by atoms with van der Waals surface area (Å²) in [5.74, 6) is -0.546. The molecule has 26 heavy (non-hydrogen) atoms. The van der Waals surface area contributed by atoms with E-state index in [0.717, 1.165) is 30.3 Å². The summed E-state index contributed by atoms with van der Waals surface area (Å²) in [7, 11) is 2.50. The van der Waals surface area contributed by atoms with Gasteiger partial charge in [-0.15, -0.1) is 0 Å². The third-order valence-electron chi connectivity index (χ3n) is 3.90. The zero-order valence-electron chi connectivity index (χ0n) is 17.7. The molecule has 0 aromatic heterocycles. The first-order valence-corrected chi connectivity index (χ1v) is 11.8. The van der Waals surface area contributed by atoms with Crippen molar-refractivity contribution >= 4 is 13.6 Å². The summed E-state index contributed by atoms with van der Waals surface area (Å²) in [5, 5.41) is 8.39. The standard InChI is InChI=1S/C14H29O4P.C5H14NO/c1-3-5-6-7-8-9-10-11-12-13-14(15)18-19(16,17)4-2;1-6(2,3)4-5-7/h3-13H2,1-2H3,(H,16,17);7H,4-5H2,1-3H3/q;+1. The summed E-state index contributed by atoms with van der Waals surface area (Å²) in [4.78, 5) is 20.4. The van der Waals surface area contributed by atoms with E-state index in [2.05, 4.69) is 32.6 Å². The maximum atomic E-state index is 11.3. The molecule has 0 aliphatic heterocycles. The highest BCUT2D eigenvalue weighted by molar-refractivity contribution is 7.53. The van der Waals surface area contributed by atoms with Gasteiger partial charge in [0.1, 0.15) is 6.54 Å². The number of quaternary nitrogens is 1. The predicted molar refractivity (Wildman–Crippen MR) is 108 cm³/mol. The number of unbranched alkanes of at least 4 members (excludes halogenated alkanes) is 8. The van der Waals surface area contributed by atoms with Gasteiger partial charge in [-0.25, -0.2) is 4.57 Å². The molecule has 0 heterocycles. The quantitative estimate of drug-likeness (QED) is 0.259. The fraction of sp³-hybridized carbons (Fsp3) is 0.947. The molecule has 0 bridgehead atoms. The SMILES string of the molecule is CCCCCCCCCCCC(=O)OP(=O)(O)CC.C[N+](C)(C)CCO. The molecule has 0 aromatic rings. The molecule has 0 saturated heterocycles. The summed E-state index contributed by atoms with van der Waals surface area (Å²) in [6.07, 6.45) is 10.8. The van der Waals surface area contributed by atoms with Gasteiger partial charge < -0.3 is 19.0 Å². The average Bonchev–Trinajstić information content (AvgIpc) is 2.52. The highest BCUT2D eigenvalue weighted by Crippen LogP contribution is 2.41. The van der Waals surface area contributed by atoms with Crippen molar-refractivity contribution in [3.8, 4) is 0 Å². The third-order valence-corrected chi connectivity index (χ3v) is 5.19. The van der Waals surface area contributed by atoms with E-state index in [-0.39, 0.29) is 19.2 Å². The summed E-state index contributed by atoms with van der Waals surface area (Å²) < 4.78 is 16.5. The minimum atomic E-state index is -3.66. The van der Waals surface area contributed by atoms with Crippen molar-refractivity contribution in [2.24, 2.45) is 0 Å². The number of aliphatic hydroxyl groups is 1. The third kappa shape index (κ3) is 23.6. The van der Waals surface area contributed by atoms with E-state index >= 15 is 0 Å². The molecule has 0 aromatic carbocycles. The Morgan fingerprint density at radius 2 is 1.38 bits per heavy atom. The van der Waals surface area contributed by atoms with Crippen LogP contribution in [0.1, 0.15) is 78.1 Å². The molecule has 1 unspecified atom stereocenters. The molecule has 2 N–H and O–H groups in total. The number of aliphatic hydroxyl groups excluding tert-OH is 1. The van der Waals surface area contributed by atoms with Gasteiger partial charge in [-0.2, -0.15) is 0 Å². The molecule has 158 valence electrons. The first-order valence-electron chi connectivity index (χ1n) is 10.0. The Hall–Kier alpha value is -0.420. The number of carbonyl (C=O) groups excluding carboxylic acids is 1. The van der Waals surface area contributed by atoms with Crippen LogP contribution in [0.3, 0.4) is 0 Å². The van der Waals surface area contributed by atoms with E-state index in [1.54, 1.807) is 0 Å². The monoisotopic (exact) mass is 396 g/mol. The van der Waals surface area contributed by atoms with E-state index in [1.165, 1.54) is 45.4 Å². The molecular formula is C19H43NO5P+. The van der Waals surface area contributed by atoms with E-state index in [1.807, 2.05) is 0 Å². The van der Waals surface area contributed by atoms with Gasteiger partial charge in [-0.3, -0.25) is 4.79 Å². The molecule has 1 atom stereocenters. The van der Waals surface area contributed by atoms with Crippen LogP contribution in [0, 0.1) is 0 Å². The number of nitrogens with zero attached hydrogens (tertiary/aromatic N) is 1. The molecule has 0 amide bonds. The second-order valence-corrected chi connectivity index (χ2v) is 9.82. The van der Waals surface area contributed by atoms with Gasteiger partial charge in [-0.05, 0) is 6.42 Å². The molecule has 0 fully saturated rings. The van der Waals surface area contributed by atoms with Gasteiger partial charge in [0.2, 0.25) is 0 Å². The maximum Gasteiger partial charge on any atom is 0.378 e. The summed E-state index contributed by atoms with van der Waals surface area (Å²) in [5.41, 5.74) is 0. The number of rotatable bonds is 14. The molecular weight excluding hydrogens is 353 g/mol. The lowest BCUT2D eigenvalue weighted by Crippen LogP contribution is -2.36. The molecule has 0 rings (SSSR count). The molecule has 7 heteroatoms. The van der Waals surface area contributed by atoms with Crippen LogP contribution in [0.15, 0.2) is 0 Å². The topological polar surface area (TPSA) is 83.8 Å². The van der Waals surface area contributed by atoms with E-state index < -0.39 is 13.6 Å². The Bertz CT molecular complexity index is 383. The highest BCUT2D eigenvalue weighted by atomic mass is 31.2. The fourth-order valence-corrected chi connectivity index (χ4v) is 2.69. The number of hydrogen-bond donors (Lipinski definition) is 2. The smallest absolute Gasteiger partial charge is 0.378 e. The van der Waals surface area contributed by atoms with Crippen molar-refractivity contribution in [2.75, 3.05) is 40.5 Å². The number of likely N-dealkylation sites (N-methyl/N-ethyl adjacent to an activating group) is 1. The summed E-state index contributed by atoms with van der Waals surface area (Å²) >= 11 is 0. The van der Waals surface area contributed by atoms with Crippen LogP contribution in [0.25, 0.3) is 0 Å². The number of hydrogen-bond acceptors (Lipinski definition) is 4. The van der Waals surface area contributed by atoms with Crippen molar-refractivity contribution in [2.45, 2.75) is 78.1 Å². The van der Waals surface area contributed by atoms with Crippen molar-refractivity contribution in [3.63, 3.8) is 0 Å². The normalized spacial score (nSPS) is 13.5. The van der Waals surface area contributed by atoms with Crippen molar-refractivity contribution in [1.29, 1.82) is 0 Å². The van der Waals surface area contributed by atoms with Gasteiger partial charge >= 0.3 is 13.6 Å². The van der Waals surface area contributed by atoms with Gasteiger partial charge in [0, 0.05) is 6.42 Å². The Balaban J connectivity index is 0. The minimum Gasteiger partial charge on any atom is -0.392 e. The Morgan fingerprint density at radius 1 is 0.923 bits per heavy atom. The van der Waals surface area contributed by atoms with Crippen LogP contribution >= 0.6 is 7.60 Å². The summed E-state index contributed by atoms with van der Waals surface area (Å²) in [6.45, 7) is 4.86. The molecule has 0 radical (unpaired) electrons. The molecule has 6 nitrogen and oxygen atoms in total. The van der Waals surface area contributed by atoms with Crippen molar-refractivity contribution in [3.05, 3.63) is 0 Å². The minimum absolute atomic E-state index is 0.0174. The van der Waals surface area contributed by atoms with Crippen LogP contribution in [0.4, 0.5) is 0 Å². The van der Waals surface area contributed by atoms with Gasteiger partial charge in [0.15, 0.2) is 0 Å². The van der Waals surface area contributed by atoms with Crippen LogP contribution in [0.5, 0.6) is 0 Å². The van der Waals surface area contributed by atoms with E-state index in [9.17, 15) is 9.36 Å². The number of carbonyl (C=O) groups is 1. The van der Waals surface area contributed by atoms with Gasteiger partial charge in [-0.1, -0.05) is 65.2 Å². The Morgan fingerprint density at radius 3 is 1.73 bits per heavy atom. The largest absolute Gasteiger partial charge is 0.392 e. The zero-order valence-corrected chi connectivity index (χ0v) is 18.6. The first kappa shape index (κ1) is 27.8. The Labute approximate surface area is 161 Å². The second-order valence-electron chi connectivity index (χ2n) is 7.73. The van der Waals surface area contributed by atoms with Crippen molar-refractivity contribution in [1.82, 2.24) is 0 Å².